The maximum atomic E-state index is 13.5. The number of aromatic nitrogens is 1. The van der Waals surface area contributed by atoms with E-state index >= 15 is 0 Å². The van der Waals surface area contributed by atoms with Gasteiger partial charge in [-0.1, -0.05) is 18.2 Å². The highest BCUT2D eigenvalue weighted by molar-refractivity contribution is 7.11. The van der Waals surface area contributed by atoms with Crippen LogP contribution in [-0.4, -0.2) is 4.98 Å². The first-order valence-electron chi connectivity index (χ1n) is 5.64. The third kappa shape index (κ3) is 3.33. The molecule has 0 spiro atoms. The van der Waals surface area contributed by atoms with Crippen LogP contribution in [0.4, 0.5) is 17.6 Å². The van der Waals surface area contributed by atoms with E-state index in [9.17, 15) is 17.6 Å². The maximum Gasteiger partial charge on any atom is 0.443 e. The number of thiazole rings is 1. The van der Waals surface area contributed by atoms with Gasteiger partial charge in [-0.3, -0.25) is 11.3 Å². The van der Waals surface area contributed by atoms with Crippen LogP contribution in [0.25, 0.3) is 0 Å². The van der Waals surface area contributed by atoms with E-state index in [-0.39, 0.29) is 6.42 Å². The minimum atomic E-state index is -4.49. The van der Waals surface area contributed by atoms with Crippen LogP contribution >= 0.6 is 11.3 Å². The number of halogens is 4. The Morgan fingerprint density at radius 1 is 1.30 bits per heavy atom. The van der Waals surface area contributed by atoms with Crippen LogP contribution in [0.3, 0.4) is 0 Å². The van der Waals surface area contributed by atoms with Crippen molar-refractivity contribution in [2.45, 2.75) is 18.6 Å². The lowest BCUT2D eigenvalue weighted by atomic mass is 10.1. The van der Waals surface area contributed by atoms with Crippen molar-refractivity contribution >= 4 is 11.3 Å². The van der Waals surface area contributed by atoms with E-state index in [2.05, 4.69) is 10.4 Å². The molecule has 1 aromatic heterocycles. The smallest absolute Gasteiger partial charge is 0.271 e. The van der Waals surface area contributed by atoms with E-state index in [0.29, 0.717) is 21.8 Å². The van der Waals surface area contributed by atoms with Crippen molar-refractivity contribution in [1.82, 2.24) is 10.4 Å². The van der Waals surface area contributed by atoms with Gasteiger partial charge in [-0.2, -0.15) is 13.2 Å². The first-order chi connectivity index (χ1) is 9.41. The van der Waals surface area contributed by atoms with Crippen LogP contribution in [0.15, 0.2) is 30.5 Å². The Hall–Kier alpha value is -1.51. The highest BCUT2D eigenvalue weighted by atomic mass is 32.1. The Kier molecular flexibility index (Phi) is 4.36. The van der Waals surface area contributed by atoms with Crippen molar-refractivity contribution in [3.8, 4) is 0 Å². The van der Waals surface area contributed by atoms with Crippen LogP contribution in [0.2, 0.25) is 0 Å². The summed E-state index contributed by atoms with van der Waals surface area (Å²) < 4.78 is 51.0. The van der Waals surface area contributed by atoms with E-state index in [4.69, 9.17) is 5.84 Å². The number of hydrogen-bond acceptors (Lipinski definition) is 4. The van der Waals surface area contributed by atoms with Crippen LogP contribution in [-0.2, 0) is 12.6 Å². The lowest BCUT2D eigenvalue weighted by Gasteiger charge is -2.14. The lowest BCUT2D eigenvalue weighted by Crippen LogP contribution is -2.29. The molecule has 1 unspecified atom stereocenters. The molecule has 3 nitrogen and oxygen atoms in total. The molecule has 0 radical (unpaired) electrons. The molecule has 0 aliphatic rings. The number of hydrazine groups is 1. The van der Waals surface area contributed by atoms with E-state index in [0.717, 1.165) is 6.20 Å². The van der Waals surface area contributed by atoms with Crippen LogP contribution < -0.4 is 11.3 Å². The van der Waals surface area contributed by atoms with Gasteiger partial charge in [0.1, 0.15) is 5.82 Å². The first kappa shape index (κ1) is 14.9. The zero-order valence-corrected chi connectivity index (χ0v) is 10.9. The van der Waals surface area contributed by atoms with Crippen molar-refractivity contribution in [2.75, 3.05) is 0 Å². The molecule has 0 saturated heterocycles. The summed E-state index contributed by atoms with van der Waals surface area (Å²) in [5, 5.41) is -0.943. The van der Waals surface area contributed by atoms with Crippen molar-refractivity contribution in [2.24, 2.45) is 5.84 Å². The van der Waals surface area contributed by atoms with Gasteiger partial charge in [0.15, 0.2) is 5.01 Å². The van der Waals surface area contributed by atoms with E-state index in [1.807, 2.05) is 0 Å². The molecule has 1 heterocycles. The molecule has 8 heteroatoms. The van der Waals surface area contributed by atoms with Crippen molar-refractivity contribution in [3.63, 3.8) is 0 Å². The van der Waals surface area contributed by atoms with Crippen LogP contribution in [0.5, 0.6) is 0 Å². The second-order valence-electron chi connectivity index (χ2n) is 4.08. The second kappa shape index (κ2) is 5.86. The minimum Gasteiger partial charge on any atom is -0.271 e. The Morgan fingerprint density at radius 3 is 2.55 bits per heavy atom. The van der Waals surface area contributed by atoms with Crippen LogP contribution in [0, 0.1) is 5.82 Å². The highest BCUT2D eigenvalue weighted by Gasteiger charge is 2.35. The van der Waals surface area contributed by atoms with Gasteiger partial charge < -0.3 is 0 Å². The molecular weight excluding hydrogens is 294 g/mol. The summed E-state index contributed by atoms with van der Waals surface area (Å²) in [6.45, 7) is 0. The molecule has 2 rings (SSSR count). The Labute approximate surface area is 116 Å². The number of nitrogens with zero attached hydrogens (tertiary/aromatic N) is 1. The summed E-state index contributed by atoms with van der Waals surface area (Å²) in [4.78, 5) is 3.63. The normalized spacial score (nSPS) is 13.4. The predicted octanol–water partition coefficient (Wildman–Crippen LogP) is 3.05. The van der Waals surface area contributed by atoms with E-state index < -0.39 is 23.0 Å². The molecule has 0 amide bonds. The Morgan fingerprint density at radius 2 is 2.00 bits per heavy atom. The molecule has 0 fully saturated rings. The fourth-order valence-electron chi connectivity index (χ4n) is 1.70. The summed E-state index contributed by atoms with van der Waals surface area (Å²) in [6.07, 6.45) is -3.23. The van der Waals surface area contributed by atoms with Gasteiger partial charge in [0.25, 0.3) is 0 Å². The van der Waals surface area contributed by atoms with Crippen LogP contribution in [0.1, 0.15) is 21.5 Å². The molecule has 0 aliphatic heterocycles. The fourth-order valence-corrected chi connectivity index (χ4v) is 2.55. The average Bonchev–Trinajstić information content (AvgIpc) is 2.87. The van der Waals surface area contributed by atoms with Gasteiger partial charge in [-0.05, 0) is 18.1 Å². The van der Waals surface area contributed by atoms with Crippen molar-refractivity contribution < 1.29 is 17.6 Å². The Bertz CT molecular complexity index is 582. The zero-order chi connectivity index (χ0) is 14.8. The SMILES string of the molecule is NNC(Cc1ccccc1F)c1cnc(C(F)(F)F)s1. The van der Waals surface area contributed by atoms with Gasteiger partial charge in [0.05, 0.1) is 6.04 Å². The summed E-state index contributed by atoms with van der Waals surface area (Å²) in [6, 6.07) is 5.42. The van der Waals surface area contributed by atoms with Gasteiger partial charge in [-0.15, -0.1) is 11.3 Å². The van der Waals surface area contributed by atoms with Crippen molar-refractivity contribution in [1.29, 1.82) is 0 Å². The van der Waals surface area contributed by atoms with Gasteiger partial charge in [-0.25, -0.2) is 9.37 Å². The fraction of sp³-hybridized carbons (Fsp3) is 0.250. The molecule has 3 N–H and O–H groups in total. The molecule has 0 aliphatic carbocycles. The summed E-state index contributed by atoms with van der Waals surface area (Å²) in [5.74, 6) is 4.92. The molecule has 2 aromatic rings. The highest BCUT2D eigenvalue weighted by Crippen LogP contribution is 2.35. The Balaban J connectivity index is 2.21. The maximum absolute atomic E-state index is 13.5. The molecule has 20 heavy (non-hydrogen) atoms. The number of alkyl halides is 3. The zero-order valence-electron chi connectivity index (χ0n) is 10.1. The number of rotatable bonds is 4. The minimum absolute atomic E-state index is 0.142. The largest absolute Gasteiger partial charge is 0.443 e. The molecular formula is C12H11F4N3S. The monoisotopic (exact) mass is 305 g/mol. The summed E-state index contributed by atoms with van der Waals surface area (Å²) in [7, 11) is 0. The van der Waals surface area contributed by atoms with E-state index in [1.165, 1.54) is 12.1 Å². The number of nitrogens with two attached hydrogens (primary N) is 1. The van der Waals surface area contributed by atoms with Gasteiger partial charge in [0.2, 0.25) is 0 Å². The molecule has 1 aromatic carbocycles. The third-order valence-electron chi connectivity index (χ3n) is 2.69. The number of hydrogen-bond donors (Lipinski definition) is 2. The predicted molar refractivity (Wildman–Crippen MR) is 67.3 cm³/mol. The molecule has 0 bridgehead atoms. The number of nitrogens with one attached hydrogen (secondary N) is 1. The average molecular weight is 305 g/mol. The third-order valence-corrected chi connectivity index (χ3v) is 3.85. The second-order valence-corrected chi connectivity index (χ2v) is 5.14. The quantitative estimate of drug-likeness (QED) is 0.518. The standard InChI is InChI=1S/C12H11F4N3S/c13-8-4-2-1-3-7(8)5-9(19-17)10-6-18-11(20-10)12(14,15)16/h1-4,6,9,19H,5,17H2. The molecule has 0 saturated carbocycles. The molecule has 1 atom stereocenters. The lowest BCUT2D eigenvalue weighted by molar-refractivity contribution is -0.137. The first-order valence-corrected chi connectivity index (χ1v) is 6.46. The van der Waals surface area contributed by atoms with E-state index in [1.54, 1.807) is 12.1 Å². The van der Waals surface area contributed by atoms with Gasteiger partial charge >= 0.3 is 6.18 Å². The summed E-state index contributed by atoms with van der Waals surface area (Å²) in [5.41, 5.74) is 2.77. The van der Waals surface area contributed by atoms with Gasteiger partial charge in [0, 0.05) is 11.1 Å². The molecule has 108 valence electrons. The number of benzene rings is 1. The summed E-state index contributed by atoms with van der Waals surface area (Å²) >= 11 is 0.497. The van der Waals surface area contributed by atoms with Crippen molar-refractivity contribution in [3.05, 3.63) is 51.7 Å². The topological polar surface area (TPSA) is 50.9 Å².